The van der Waals surface area contributed by atoms with E-state index in [1.165, 1.54) is 16.6 Å². The third-order valence-corrected chi connectivity index (χ3v) is 7.07. The van der Waals surface area contributed by atoms with Gasteiger partial charge in [0, 0.05) is 28.1 Å². The molecule has 8 heteroatoms. The number of carbonyl (C=O) groups excluding carboxylic acids is 1. The van der Waals surface area contributed by atoms with Crippen LogP contribution < -0.4 is 5.32 Å². The van der Waals surface area contributed by atoms with Crippen LogP contribution in [-0.2, 0) is 22.5 Å². The predicted octanol–water partition coefficient (Wildman–Crippen LogP) is 4.79. The third-order valence-electron chi connectivity index (χ3n) is 5.02. The molecule has 1 amide bonds. The van der Waals surface area contributed by atoms with E-state index in [-0.39, 0.29) is 17.8 Å². The number of aryl methyl sites for hydroxylation is 2. The van der Waals surface area contributed by atoms with Gasteiger partial charge in [0.05, 0.1) is 18.4 Å². The highest BCUT2D eigenvalue weighted by molar-refractivity contribution is 7.99. The zero-order valence-electron chi connectivity index (χ0n) is 17.3. The van der Waals surface area contributed by atoms with Crippen molar-refractivity contribution in [3.63, 3.8) is 0 Å². The molecule has 30 heavy (non-hydrogen) atoms. The lowest BCUT2D eigenvalue weighted by atomic mass is 10.2. The normalized spacial score (nSPS) is 16.1. The number of nitrogens with zero attached hydrogens (tertiary/aromatic N) is 3. The zero-order chi connectivity index (χ0) is 20.9. The van der Waals surface area contributed by atoms with Crippen LogP contribution in [0.15, 0.2) is 40.9 Å². The molecule has 1 aliphatic heterocycles. The maximum Gasteiger partial charge on any atom is 0.234 e. The van der Waals surface area contributed by atoms with Crippen molar-refractivity contribution in [2.75, 3.05) is 17.7 Å². The van der Waals surface area contributed by atoms with E-state index < -0.39 is 0 Å². The number of hydrogen-bond donors (Lipinski definition) is 1. The van der Waals surface area contributed by atoms with E-state index in [2.05, 4.69) is 38.5 Å². The number of thiophene rings is 1. The first kappa shape index (κ1) is 21.1. The highest BCUT2D eigenvalue weighted by Gasteiger charge is 2.22. The molecule has 0 saturated carbocycles. The minimum Gasteiger partial charge on any atom is -0.376 e. The van der Waals surface area contributed by atoms with Gasteiger partial charge in [-0.2, -0.15) is 0 Å². The van der Waals surface area contributed by atoms with Crippen LogP contribution in [0.4, 0.5) is 5.69 Å². The first-order valence-electron chi connectivity index (χ1n) is 10.2. The van der Waals surface area contributed by atoms with Gasteiger partial charge in [-0.15, -0.1) is 21.5 Å². The number of hydrogen-bond acceptors (Lipinski definition) is 6. The molecule has 1 saturated heterocycles. The summed E-state index contributed by atoms with van der Waals surface area (Å²) in [5, 5.41) is 14.7. The van der Waals surface area contributed by atoms with Crippen LogP contribution in [0.5, 0.6) is 0 Å². The van der Waals surface area contributed by atoms with Gasteiger partial charge in [0.1, 0.15) is 0 Å². The largest absolute Gasteiger partial charge is 0.376 e. The predicted molar refractivity (Wildman–Crippen MR) is 122 cm³/mol. The van der Waals surface area contributed by atoms with Crippen LogP contribution >= 0.6 is 23.1 Å². The number of thioether (sulfide) groups is 1. The van der Waals surface area contributed by atoms with Crippen LogP contribution in [-0.4, -0.2) is 39.1 Å². The minimum atomic E-state index is -0.0531. The van der Waals surface area contributed by atoms with E-state index in [0.717, 1.165) is 53.7 Å². The number of amides is 1. The van der Waals surface area contributed by atoms with Crippen molar-refractivity contribution < 1.29 is 9.53 Å². The molecule has 1 N–H and O–H groups in total. The molecule has 1 atom stereocenters. The van der Waals surface area contributed by atoms with Crippen molar-refractivity contribution in [2.24, 2.45) is 0 Å². The topological polar surface area (TPSA) is 69.0 Å². The molecule has 0 aliphatic carbocycles. The van der Waals surface area contributed by atoms with Crippen molar-refractivity contribution in [1.29, 1.82) is 0 Å². The number of carbonyl (C=O) groups is 1. The Balaban J connectivity index is 1.49. The Bertz CT molecular complexity index is 1010. The second kappa shape index (κ2) is 9.76. The fourth-order valence-corrected chi connectivity index (χ4v) is 5.06. The van der Waals surface area contributed by atoms with Crippen molar-refractivity contribution in [1.82, 2.24) is 14.8 Å². The summed E-state index contributed by atoms with van der Waals surface area (Å²) in [6.07, 6.45) is 3.30. The number of aromatic nitrogens is 3. The zero-order valence-corrected chi connectivity index (χ0v) is 18.9. The molecule has 2 aromatic heterocycles. The number of anilines is 1. The number of rotatable bonds is 8. The third kappa shape index (κ3) is 5.11. The van der Waals surface area contributed by atoms with E-state index in [1.807, 2.05) is 31.2 Å². The molecule has 4 rings (SSSR count). The highest BCUT2D eigenvalue weighted by Crippen LogP contribution is 2.29. The molecule has 0 bridgehead atoms. The maximum absolute atomic E-state index is 12.5. The molecule has 158 valence electrons. The van der Waals surface area contributed by atoms with Crippen LogP contribution in [0.2, 0.25) is 0 Å². The first-order valence-corrected chi connectivity index (χ1v) is 12.1. The first-order chi connectivity index (χ1) is 14.6. The van der Waals surface area contributed by atoms with Crippen molar-refractivity contribution in [3.05, 3.63) is 46.2 Å². The van der Waals surface area contributed by atoms with Gasteiger partial charge < -0.3 is 10.1 Å². The summed E-state index contributed by atoms with van der Waals surface area (Å²) in [5.41, 5.74) is 3.01. The molecule has 3 heterocycles. The van der Waals surface area contributed by atoms with Gasteiger partial charge >= 0.3 is 0 Å². The van der Waals surface area contributed by atoms with Crippen molar-refractivity contribution in [3.8, 4) is 11.4 Å². The summed E-state index contributed by atoms with van der Waals surface area (Å²) in [6.45, 7) is 5.68. The molecule has 1 aromatic carbocycles. The molecule has 0 unspecified atom stereocenters. The van der Waals surface area contributed by atoms with Gasteiger partial charge in [0.2, 0.25) is 5.91 Å². The molecule has 1 aliphatic rings. The SMILES string of the molecule is CCc1cc(-c2nnc(SCC(=O)Nc3cccc(C)c3)n2C[C@H]2CCCO2)cs1. The molecule has 3 aromatic rings. The van der Waals surface area contributed by atoms with Crippen molar-refractivity contribution in [2.45, 2.75) is 50.9 Å². The van der Waals surface area contributed by atoms with Gasteiger partial charge in [-0.1, -0.05) is 30.8 Å². The van der Waals surface area contributed by atoms with E-state index >= 15 is 0 Å². The van der Waals surface area contributed by atoms with Gasteiger partial charge in [0.25, 0.3) is 0 Å². The Labute approximate surface area is 185 Å². The van der Waals surface area contributed by atoms with Crippen LogP contribution in [0, 0.1) is 6.92 Å². The summed E-state index contributed by atoms with van der Waals surface area (Å²) >= 11 is 3.16. The quantitative estimate of drug-likeness (QED) is 0.508. The molecule has 0 spiro atoms. The molecular weight excluding hydrogens is 416 g/mol. The van der Waals surface area contributed by atoms with E-state index in [9.17, 15) is 4.79 Å². The second-order valence-corrected chi connectivity index (χ2v) is 9.35. The average Bonchev–Trinajstić information content (AvgIpc) is 3.48. The Kier molecular flexibility index (Phi) is 6.86. The maximum atomic E-state index is 12.5. The Morgan fingerprint density at radius 1 is 1.37 bits per heavy atom. The minimum absolute atomic E-state index is 0.0531. The fourth-order valence-electron chi connectivity index (χ4n) is 3.50. The van der Waals surface area contributed by atoms with E-state index in [4.69, 9.17) is 4.74 Å². The van der Waals surface area contributed by atoms with Crippen LogP contribution in [0.1, 0.15) is 30.2 Å². The summed E-state index contributed by atoms with van der Waals surface area (Å²) in [7, 11) is 0. The summed E-state index contributed by atoms with van der Waals surface area (Å²) in [6, 6.07) is 9.99. The number of benzene rings is 1. The van der Waals surface area contributed by atoms with Gasteiger partial charge in [-0.3, -0.25) is 9.36 Å². The molecule has 0 radical (unpaired) electrons. The average molecular weight is 443 g/mol. The van der Waals surface area contributed by atoms with Gasteiger partial charge in [-0.25, -0.2) is 0 Å². The van der Waals surface area contributed by atoms with Gasteiger partial charge in [-0.05, 0) is 49.9 Å². The molecule has 6 nitrogen and oxygen atoms in total. The monoisotopic (exact) mass is 442 g/mol. The van der Waals surface area contributed by atoms with Gasteiger partial charge in [0.15, 0.2) is 11.0 Å². The lowest BCUT2D eigenvalue weighted by Crippen LogP contribution is -2.18. The van der Waals surface area contributed by atoms with E-state index in [0.29, 0.717) is 6.54 Å². The Morgan fingerprint density at radius 3 is 3.00 bits per heavy atom. The molecular formula is C22H26N4O2S2. The Hall–Kier alpha value is -2.16. The van der Waals surface area contributed by atoms with Crippen molar-refractivity contribution >= 4 is 34.7 Å². The highest BCUT2D eigenvalue weighted by atomic mass is 32.2. The smallest absolute Gasteiger partial charge is 0.234 e. The molecule has 1 fully saturated rings. The van der Waals surface area contributed by atoms with Crippen LogP contribution in [0.25, 0.3) is 11.4 Å². The van der Waals surface area contributed by atoms with Crippen LogP contribution in [0.3, 0.4) is 0 Å². The lowest BCUT2D eigenvalue weighted by molar-refractivity contribution is -0.113. The fraction of sp³-hybridized carbons (Fsp3) is 0.409. The number of ether oxygens (including phenoxy) is 1. The standard InChI is InChI=1S/C22H26N4O2S2/c1-3-19-11-16(13-29-19)21-24-25-22(26(21)12-18-8-5-9-28-18)30-14-20(27)23-17-7-4-6-15(2)10-17/h4,6-7,10-11,13,18H,3,5,8-9,12,14H2,1-2H3,(H,23,27)/t18-/m1/s1. The summed E-state index contributed by atoms with van der Waals surface area (Å²) < 4.78 is 7.97. The summed E-state index contributed by atoms with van der Waals surface area (Å²) in [5.74, 6) is 1.08. The lowest BCUT2D eigenvalue weighted by Gasteiger charge is -2.14. The number of nitrogens with one attached hydrogen (secondary N) is 1. The Morgan fingerprint density at radius 2 is 2.27 bits per heavy atom. The second-order valence-electron chi connectivity index (χ2n) is 7.41. The van der Waals surface area contributed by atoms with E-state index in [1.54, 1.807) is 11.3 Å². The summed E-state index contributed by atoms with van der Waals surface area (Å²) in [4.78, 5) is 13.8.